The standard InChI is InChI=1S/C18H18FN3O3S2/c1-2-11-22-15-9-5-6-10-16(15)27(24,25)21-18(22)26-12-17(23)20-14-8-4-3-7-13(14)19/h3-10H,2,11-12H2,1H3,(H,20,23). The summed E-state index contributed by atoms with van der Waals surface area (Å²) in [5, 5.41) is 2.71. The molecule has 1 amide bonds. The van der Waals surface area contributed by atoms with E-state index in [9.17, 15) is 17.6 Å². The zero-order valence-corrected chi connectivity index (χ0v) is 16.2. The van der Waals surface area contributed by atoms with Crippen molar-refractivity contribution < 1.29 is 17.6 Å². The maximum Gasteiger partial charge on any atom is 0.286 e. The molecule has 142 valence electrons. The van der Waals surface area contributed by atoms with Gasteiger partial charge in [0.25, 0.3) is 10.0 Å². The lowest BCUT2D eigenvalue weighted by molar-refractivity contribution is -0.113. The van der Waals surface area contributed by atoms with Crippen LogP contribution in [-0.4, -0.2) is 31.8 Å². The molecule has 1 heterocycles. The summed E-state index contributed by atoms with van der Waals surface area (Å²) >= 11 is 1.01. The maximum absolute atomic E-state index is 13.6. The lowest BCUT2D eigenvalue weighted by Gasteiger charge is -2.29. The van der Waals surface area contributed by atoms with Crippen LogP contribution in [0.4, 0.5) is 15.8 Å². The van der Waals surface area contributed by atoms with Crippen molar-refractivity contribution in [1.29, 1.82) is 0 Å². The number of hydrogen-bond donors (Lipinski definition) is 1. The minimum Gasteiger partial charge on any atom is -0.323 e. The molecule has 0 aliphatic carbocycles. The SMILES string of the molecule is CCCN1C(SCC(=O)Nc2ccccc2F)=NS(=O)(=O)c2ccccc21. The Labute approximate surface area is 161 Å². The van der Waals surface area contributed by atoms with Crippen molar-refractivity contribution in [3.05, 3.63) is 54.3 Å². The molecule has 2 aromatic rings. The Kier molecular flexibility index (Phi) is 5.81. The Morgan fingerprint density at radius 3 is 2.63 bits per heavy atom. The van der Waals surface area contributed by atoms with Gasteiger partial charge in [-0.3, -0.25) is 4.79 Å². The van der Waals surface area contributed by atoms with Gasteiger partial charge in [-0.2, -0.15) is 8.42 Å². The van der Waals surface area contributed by atoms with Crippen LogP contribution < -0.4 is 10.2 Å². The van der Waals surface area contributed by atoms with Crippen molar-refractivity contribution in [2.75, 3.05) is 22.5 Å². The fourth-order valence-electron chi connectivity index (χ4n) is 2.63. The lowest BCUT2D eigenvalue weighted by Crippen LogP contribution is -2.35. The van der Waals surface area contributed by atoms with Gasteiger partial charge in [-0.1, -0.05) is 43.0 Å². The Hall–Kier alpha value is -2.39. The average Bonchev–Trinajstić information content (AvgIpc) is 2.64. The van der Waals surface area contributed by atoms with E-state index in [4.69, 9.17) is 0 Å². The van der Waals surface area contributed by atoms with Gasteiger partial charge in [0.2, 0.25) is 5.91 Å². The van der Waals surface area contributed by atoms with Gasteiger partial charge >= 0.3 is 0 Å². The number of nitrogens with one attached hydrogen (secondary N) is 1. The smallest absolute Gasteiger partial charge is 0.286 e. The third-order valence-electron chi connectivity index (χ3n) is 3.79. The third-order valence-corrected chi connectivity index (χ3v) is 6.20. The predicted octanol–water partition coefficient (Wildman–Crippen LogP) is 3.47. The van der Waals surface area contributed by atoms with E-state index in [-0.39, 0.29) is 21.5 Å². The minimum absolute atomic E-state index is 0.0806. The summed E-state index contributed by atoms with van der Waals surface area (Å²) < 4.78 is 42.4. The number of rotatable bonds is 5. The molecular weight excluding hydrogens is 389 g/mol. The van der Waals surface area contributed by atoms with Crippen LogP contribution in [0.25, 0.3) is 0 Å². The van der Waals surface area contributed by atoms with Crippen molar-refractivity contribution >= 4 is 44.2 Å². The third kappa shape index (κ3) is 4.30. The summed E-state index contributed by atoms with van der Waals surface area (Å²) in [6, 6.07) is 12.5. The predicted molar refractivity (Wildman–Crippen MR) is 106 cm³/mol. The molecule has 0 saturated heterocycles. The van der Waals surface area contributed by atoms with Crippen LogP contribution in [0.15, 0.2) is 57.8 Å². The highest BCUT2D eigenvalue weighted by Gasteiger charge is 2.30. The maximum atomic E-state index is 13.6. The van der Waals surface area contributed by atoms with Gasteiger partial charge in [0, 0.05) is 6.54 Å². The van der Waals surface area contributed by atoms with Gasteiger partial charge < -0.3 is 10.2 Å². The molecule has 2 aromatic carbocycles. The van der Waals surface area contributed by atoms with Crippen LogP contribution in [-0.2, 0) is 14.8 Å². The highest BCUT2D eigenvalue weighted by molar-refractivity contribution is 8.15. The van der Waals surface area contributed by atoms with E-state index >= 15 is 0 Å². The molecule has 1 aliphatic rings. The average molecular weight is 407 g/mol. The van der Waals surface area contributed by atoms with E-state index in [1.54, 1.807) is 29.2 Å². The van der Waals surface area contributed by atoms with E-state index in [1.165, 1.54) is 24.3 Å². The molecule has 3 rings (SSSR count). The number of sulfonamides is 1. The van der Waals surface area contributed by atoms with Crippen LogP contribution in [0.2, 0.25) is 0 Å². The summed E-state index contributed by atoms with van der Waals surface area (Å²) in [6.07, 6.45) is 0.773. The molecule has 0 aromatic heterocycles. The number of benzene rings is 2. The van der Waals surface area contributed by atoms with E-state index < -0.39 is 21.7 Å². The number of hydrogen-bond acceptors (Lipinski definition) is 5. The van der Waals surface area contributed by atoms with Crippen LogP contribution >= 0.6 is 11.8 Å². The Morgan fingerprint density at radius 1 is 1.19 bits per heavy atom. The zero-order valence-electron chi connectivity index (χ0n) is 14.6. The van der Waals surface area contributed by atoms with Gasteiger partial charge in [0.05, 0.1) is 17.1 Å². The van der Waals surface area contributed by atoms with E-state index in [2.05, 4.69) is 9.71 Å². The number of anilines is 2. The van der Waals surface area contributed by atoms with Crippen molar-refractivity contribution in [1.82, 2.24) is 0 Å². The second kappa shape index (κ2) is 8.10. The molecule has 0 saturated carbocycles. The van der Waals surface area contributed by atoms with Crippen LogP contribution in [0.1, 0.15) is 13.3 Å². The monoisotopic (exact) mass is 407 g/mol. The minimum atomic E-state index is -3.82. The van der Waals surface area contributed by atoms with E-state index in [0.29, 0.717) is 12.2 Å². The summed E-state index contributed by atoms with van der Waals surface area (Å²) in [5.74, 6) is -1.07. The number of amides is 1. The Balaban J connectivity index is 1.78. The molecule has 27 heavy (non-hydrogen) atoms. The van der Waals surface area contributed by atoms with E-state index in [1.807, 2.05) is 6.92 Å². The quantitative estimate of drug-likeness (QED) is 0.821. The fraction of sp³-hybridized carbons (Fsp3) is 0.222. The summed E-state index contributed by atoms with van der Waals surface area (Å²) in [7, 11) is -3.82. The van der Waals surface area contributed by atoms with Crippen molar-refractivity contribution in [3.8, 4) is 0 Å². The number of amidine groups is 1. The first-order valence-electron chi connectivity index (χ1n) is 8.31. The van der Waals surface area contributed by atoms with Gasteiger partial charge in [0.15, 0.2) is 5.17 Å². The number of carbonyl (C=O) groups is 1. The summed E-state index contributed by atoms with van der Waals surface area (Å²) in [5.41, 5.74) is 0.628. The van der Waals surface area contributed by atoms with E-state index in [0.717, 1.165) is 18.2 Å². The second-order valence-electron chi connectivity index (χ2n) is 5.78. The molecule has 0 unspecified atom stereocenters. The molecule has 9 heteroatoms. The molecule has 0 spiro atoms. The number of halogens is 1. The van der Waals surface area contributed by atoms with Crippen LogP contribution in [0.3, 0.4) is 0 Å². The second-order valence-corrected chi connectivity index (χ2v) is 8.30. The van der Waals surface area contributed by atoms with Gasteiger partial charge in [-0.05, 0) is 30.7 Å². The molecule has 1 aliphatic heterocycles. The zero-order chi connectivity index (χ0) is 19.4. The van der Waals surface area contributed by atoms with Crippen molar-refractivity contribution in [2.24, 2.45) is 4.40 Å². The molecule has 0 atom stereocenters. The number of thioether (sulfide) groups is 1. The lowest BCUT2D eigenvalue weighted by atomic mass is 10.3. The number of nitrogens with zero attached hydrogens (tertiary/aromatic N) is 2. The normalized spacial score (nSPS) is 15.0. The molecule has 0 radical (unpaired) electrons. The molecular formula is C18H18FN3O3S2. The van der Waals surface area contributed by atoms with Gasteiger partial charge in [-0.25, -0.2) is 4.39 Å². The number of para-hydroxylation sites is 2. The van der Waals surface area contributed by atoms with Crippen LogP contribution in [0.5, 0.6) is 0 Å². The first-order valence-corrected chi connectivity index (χ1v) is 10.7. The van der Waals surface area contributed by atoms with Gasteiger partial charge in [0.1, 0.15) is 10.7 Å². The highest BCUT2D eigenvalue weighted by Crippen LogP contribution is 2.34. The number of fused-ring (bicyclic) bond motifs is 1. The first kappa shape index (κ1) is 19.4. The van der Waals surface area contributed by atoms with Crippen molar-refractivity contribution in [2.45, 2.75) is 18.2 Å². The fourth-order valence-corrected chi connectivity index (χ4v) is 4.90. The topological polar surface area (TPSA) is 78.8 Å². The Morgan fingerprint density at radius 2 is 1.89 bits per heavy atom. The molecule has 6 nitrogen and oxygen atoms in total. The molecule has 0 bridgehead atoms. The van der Waals surface area contributed by atoms with Crippen molar-refractivity contribution in [3.63, 3.8) is 0 Å². The summed E-state index contributed by atoms with van der Waals surface area (Å²) in [6.45, 7) is 2.53. The Bertz CT molecular complexity index is 993. The first-order chi connectivity index (χ1) is 12.9. The number of carbonyl (C=O) groups excluding carboxylic acids is 1. The van der Waals surface area contributed by atoms with Crippen LogP contribution in [0, 0.1) is 5.82 Å². The molecule has 1 N–H and O–H groups in total. The largest absolute Gasteiger partial charge is 0.323 e. The summed E-state index contributed by atoms with van der Waals surface area (Å²) in [4.78, 5) is 14.1. The molecule has 0 fully saturated rings. The van der Waals surface area contributed by atoms with Gasteiger partial charge in [-0.15, -0.1) is 4.40 Å². The highest BCUT2D eigenvalue weighted by atomic mass is 32.2.